The molecule has 0 bridgehead atoms. The van der Waals surface area contributed by atoms with Crippen molar-refractivity contribution in [3.05, 3.63) is 47.2 Å². The van der Waals surface area contributed by atoms with E-state index in [-0.39, 0.29) is 0 Å². The lowest BCUT2D eigenvalue weighted by Crippen LogP contribution is -1.93. The average Bonchev–Trinajstić information content (AvgIpc) is 2.42. The highest BCUT2D eigenvalue weighted by Gasteiger charge is 2.02. The summed E-state index contributed by atoms with van der Waals surface area (Å²) >= 11 is 5.94. The Balaban J connectivity index is 2.20. The third-order valence-electron chi connectivity index (χ3n) is 2.32. The molecule has 0 spiro atoms. The van der Waals surface area contributed by atoms with Gasteiger partial charge in [0.2, 0.25) is 0 Å². The fraction of sp³-hybridized carbons (Fsp3) is 0.0769. The highest BCUT2D eigenvalue weighted by atomic mass is 35.5. The number of aromatic nitrogens is 1. The minimum Gasteiger partial charge on any atom is -0.495 e. The largest absolute Gasteiger partial charge is 0.495 e. The number of hydrogen-bond acceptors (Lipinski definition) is 4. The molecule has 0 fully saturated rings. The van der Waals surface area contributed by atoms with Crippen LogP contribution in [0.5, 0.6) is 5.75 Å². The lowest BCUT2D eigenvalue weighted by molar-refractivity contribution is 0.415. The van der Waals surface area contributed by atoms with Gasteiger partial charge in [-0.2, -0.15) is 5.26 Å². The van der Waals surface area contributed by atoms with Crippen molar-refractivity contribution in [1.82, 2.24) is 4.98 Å². The molecule has 0 aliphatic heterocycles. The molecule has 1 N–H and O–H groups in total. The number of rotatable bonds is 3. The second-order valence-corrected chi connectivity index (χ2v) is 3.93. The molecule has 1 aromatic heterocycles. The minimum atomic E-state index is 0.384. The Hall–Kier alpha value is -2.25. The maximum Gasteiger partial charge on any atom is 0.140 e. The number of ether oxygens (including phenoxy) is 1. The van der Waals surface area contributed by atoms with Crippen LogP contribution in [-0.4, -0.2) is 12.1 Å². The molecule has 0 unspecified atom stereocenters. The van der Waals surface area contributed by atoms with E-state index in [1.807, 2.05) is 12.1 Å². The van der Waals surface area contributed by atoms with Crippen molar-refractivity contribution in [2.75, 3.05) is 12.4 Å². The molecule has 1 heterocycles. The topological polar surface area (TPSA) is 57.9 Å². The summed E-state index contributed by atoms with van der Waals surface area (Å²) in [6, 6.07) is 10.8. The average molecular weight is 260 g/mol. The first-order valence-electron chi connectivity index (χ1n) is 5.19. The molecule has 0 aliphatic carbocycles. The molecule has 0 radical (unpaired) electrons. The predicted molar refractivity (Wildman–Crippen MR) is 70.2 cm³/mol. The van der Waals surface area contributed by atoms with Gasteiger partial charge in [0.15, 0.2) is 0 Å². The zero-order chi connectivity index (χ0) is 13.0. The van der Waals surface area contributed by atoms with E-state index < -0.39 is 0 Å². The van der Waals surface area contributed by atoms with Crippen LogP contribution in [0.15, 0.2) is 36.5 Å². The number of nitriles is 1. The molecule has 18 heavy (non-hydrogen) atoms. The Morgan fingerprint density at radius 2 is 2.06 bits per heavy atom. The fourth-order valence-corrected chi connectivity index (χ4v) is 1.63. The maximum atomic E-state index is 8.65. The second-order valence-electron chi connectivity index (χ2n) is 3.52. The zero-order valence-corrected chi connectivity index (χ0v) is 10.4. The summed E-state index contributed by atoms with van der Waals surface area (Å²) in [7, 11) is 1.56. The van der Waals surface area contributed by atoms with Crippen LogP contribution in [0.1, 0.15) is 5.69 Å². The molecule has 4 nitrogen and oxygen atoms in total. The normalized spacial score (nSPS) is 9.61. The Morgan fingerprint density at radius 3 is 2.67 bits per heavy atom. The zero-order valence-electron chi connectivity index (χ0n) is 9.64. The second kappa shape index (κ2) is 5.39. The van der Waals surface area contributed by atoms with Gasteiger partial charge in [-0.25, -0.2) is 4.98 Å². The van der Waals surface area contributed by atoms with Crippen molar-refractivity contribution in [1.29, 1.82) is 5.26 Å². The van der Waals surface area contributed by atoms with Gasteiger partial charge in [0.05, 0.1) is 24.0 Å². The van der Waals surface area contributed by atoms with Gasteiger partial charge in [-0.1, -0.05) is 11.6 Å². The minimum absolute atomic E-state index is 0.384. The molecule has 2 aromatic rings. The van der Waals surface area contributed by atoms with Gasteiger partial charge in [-0.3, -0.25) is 0 Å². The van der Waals surface area contributed by atoms with Gasteiger partial charge >= 0.3 is 0 Å². The Kier molecular flexibility index (Phi) is 3.66. The lowest BCUT2D eigenvalue weighted by atomic mass is 10.2. The van der Waals surface area contributed by atoms with Gasteiger partial charge < -0.3 is 10.1 Å². The SMILES string of the molecule is COc1cc(Nc2ccc(C#N)nc2)ccc1Cl. The first-order chi connectivity index (χ1) is 8.72. The highest BCUT2D eigenvalue weighted by Crippen LogP contribution is 2.28. The van der Waals surface area contributed by atoms with Crippen LogP contribution in [0.3, 0.4) is 0 Å². The number of methoxy groups -OCH3 is 1. The molecule has 1 aromatic carbocycles. The van der Waals surface area contributed by atoms with E-state index in [0.29, 0.717) is 16.5 Å². The van der Waals surface area contributed by atoms with E-state index in [1.165, 1.54) is 0 Å². The Labute approximate surface area is 110 Å². The van der Waals surface area contributed by atoms with Crippen LogP contribution < -0.4 is 10.1 Å². The first kappa shape index (κ1) is 12.2. The van der Waals surface area contributed by atoms with Crippen LogP contribution in [-0.2, 0) is 0 Å². The summed E-state index contributed by atoms with van der Waals surface area (Å²) in [5, 5.41) is 12.4. The highest BCUT2D eigenvalue weighted by molar-refractivity contribution is 6.32. The molecule has 0 saturated heterocycles. The van der Waals surface area contributed by atoms with E-state index in [9.17, 15) is 0 Å². The van der Waals surface area contributed by atoms with Crippen molar-refractivity contribution >= 4 is 23.0 Å². The van der Waals surface area contributed by atoms with E-state index in [1.54, 1.807) is 37.6 Å². The van der Waals surface area contributed by atoms with Gasteiger partial charge in [-0.05, 0) is 24.3 Å². The van der Waals surface area contributed by atoms with Gasteiger partial charge in [-0.15, -0.1) is 0 Å². The quantitative estimate of drug-likeness (QED) is 0.918. The fourth-order valence-electron chi connectivity index (χ4n) is 1.44. The van der Waals surface area contributed by atoms with Crippen molar-refractivity contribution < 1.29 is 4.74 Å². The molecule has 0 amide bonds. The summed E-state index contributed by atoms with van der Waals surface area (Å²) in [5.41, 5.74) is 2.01. The van der Waals surface area contributed by atoms with Crippen LogP contribution in [0.2, 0.25) is 5.02 Å². The molecular formula is C13H10ClN3O. The maximum absolute atomic E-state index is 8.65. The van der Waals surface area contributed by atoms with Gasteiger partial charge in [0.1, 0.15) is 17.5 Å². The molecule has 0 atom stereocenters. The van der Waals surface area contributed by atoms with Gasteiger partial charge in [0, 0.05) is 11.8 Å². The molecule has 90 valence electrons. The first-order valence-corrected chi connectivity index (χ1v) is 5.57. The summed E-state index contributed by atoms with van der Waals surface area (Å²) in [6.45, 7) is 0. The predicted octanol–water partition coefficient (Wildman–Crippen LogP) is 3.36. The molecule has 2 rings (SSSR count). The van der Waals surface area contributed by atoms with Crippen LogP contribution in [0.25, 0.3) is 0 Å². The number of hydrogen-bond donors (Lipinski definition) is 1. The van der Waals surface area contributed by atoms with Crippen molar-refractivity contribution in [2.24, 2.45) is 0 Å². The summed E-state index contributed by atoms with van der Waals surface area (Å²) in [4.78, 5) is 3.97. The standard InChI is InChI=1S/C13H10ClN3O/c1-18-13-6-9(4-5-12(13)14)17-11-3-2-10(7-15)16-8-11/h2-6,8,17H,1H3. The van der Waals surface area contributed by atoms with Crippen LogP contribution in [0.4, 0.5) is 11.4 Å². The summed E-state index contributed by atoms with van der Waals surface area (Å²) in [6.07, 6.45) is 1.60. The third kappa shape index (κ3) is 2.70. The Morgan fingerprint density at radius 1 is 1.28 bits per heavy atom. The number of benzene rings is 1. The van der Waals surface area contributed by atoms with E-state index in [0.717, 1.165) is 11.4 Å². The Bertz CT molecular complexity index is 590. The molecular weight excluding hydrogens is 250 g/mol. The molecule has 0 aliphatic rings. The lowest BCUT2D eigenvalue weighted by Gasteiger charge is -2.08. The summed E-state index contributed by atoms with van der Waals surface area (Å²) in [5.74, 6) is 0.600. The number of nitrogens with one attached hydrogen (secondary N) is 1. The molecule has 0 saturated carbocycles. The molecule has 5 heteroatoms. The van der Waals surface area contributed by atoms with Crippen molar-refractivity contribution in [3.63, 3.8) is 0 Å². The summed E-state index contributed by atoms with van der Waals surface area (Å²) < 4.78 is 5.13. The van der Waals surface area contributed by atoms with E-state index in [4.69, 9.17) is 21.6 Å². The third-order valence-corrected chi connectivity index (χ3v) is 2.63. The van der Waals surface area contributed by atoms with Crippen molar-refractivity contribution in [2.45, 2.75) is 0 Å². The van der Waals surface area contributed by atoms with Crippen LogP contribution >= 0.6 is 11.6 Å². The van der Waals surface area contributed by atoms with Gasteiger partial charge in [0.25, 0.3) is 0 Å². The number of halogens is 1. The van der Waals surface area contributed by atoms with Crippen molar-refractivity contribution in [3.8, 4) is 11.8 Å². The van der Waals surface area contributed by atoms with E-state index >= 15 is 0 Å². The monoisotopic (exact) mass is 259 g/mol. The number of nitrogens with zero attached hydrogens (tertiary/aromatic N) is 2. The smallest absolute Gasteiger partial charge is 0.140 e. The van der Waals surface area contributed by atoms with E-state index in [2.05, 4.69) is 10.3 Å². The van der Waals surface area contributed by atoms with Crippen LogP contribution in [0, 0.1) is 11.3 Å². The number of pyridine rings is 1. The number of anilines is 2.